The van der Waals surface area contributed by atoms with Crippen LogP contribution in [0.4, 0.5) is 27.7 Å². The largest absolute Gasteiger partial charge is 0.495 e. The van der Waals surface area contributed by atoms with E-state index in [1.807, 2.05) is 18.2 Å². The van der Waals surface area contributed by atoms with Crippen molar-refractivity contribution in [2.45, 2.75) is 6.54 Å². The lowest BCUT2D eigenvalue weighted by Gasteiger charge is -2.34. The van der Waals surface area contributed by atoms with Crippen LogP contribution in [0.15, 0.2) is 48.5 Å². The Bertz CT molecular complexity index is 991. The Hall–Kier alpha value is -3.46. The van der Waals surface area contributed by atoms with Gasteiger partial charge >= 0.3 is 0 Å². The van der Waals surface area contributed by atoms with E-state index in [4.69, 9.17) is 10.5 Å². The Morgan fingerprint density at radius 3 is 2.53 bits per heavy atom. The standard InChI is InChI=1S/C21H24FN7O/c1-30-18-5-3-2-4-17(18)29-12-10-28(11-13-29)14-19-25-20(23)27-21(26-19)24-16-8-6-15(22)7-9-16/h2-9H,10-14H2,1H3,(H3,23,24,25,26,27)/p+1. The molecule has 4 N–H and O–H groups in total. The molecule has 2 heterocycles. The average molecular weight is 410 g/mol. The zero-order chi connectivity index (χ0) is 20.9. The summed E-state index contributed by atoms with van der Waals surface area (Å²) in [5.41, 5.74) is 7.68. The molecule has 0 spiro atoms. The summed E-state index contributed by atoms with van der Waals surface area (Å²) in [4.78, 5) is 16.6. The minimum atomic E-state index is -0.299. The molecule has 0 aliphatic carbocycles. The third-order valence-electron chi connectivity index (χ3n) is 5.10. The molecular weight excluding hydrogens is 385 g/mol. The van der Waals surface area contributed by atoms with E-state index in [0.29, 0.717) is 24.0 Å². The normalized spacial score (nSPS) is 14.5. The SMILES string of the molecule is COc1ccccc1N1CC[NH+](Cc2nc(N)nc(Nc3ccc(F)cc3)n2)CC1. The Labute approximate surface area is 174 Å². The third kappa shape index (κ3) is 4.74. The second-order valence-electron chi connectivity index (χ2n) is 7.15. The lowest BCUT2D eigenvalue weighted by atomic mass is 10.2. The fraction of sp³-hybridized carbons (Fsp3) is 0.286. The molecule has 1 aromatic heterocycles. The minimum absolute atomic E-state index is 0.164. The smallest absolute Gasteiger partial charge is 0.232 e. The predicted molar refractivity (Wildman–Crippen MR) is 114 cm³/mol. The molecule has 0 amide bonds. The molecule has 0 radical (unpaired) electrons. The highest BCUT2D eigenvalue weighted by Crippen LogP contribution is 2.27. The van der Waals surface area contributed by atoms with Crippen LogP contribution in [-0.4, -0.2) is 48.2 Å². The molecule has 1 aliphatic rings. The number of hydrogen-bond acceptors (Lipinski definition) is 7. The monoisotopic (exact) mass is 410 g/mol. The van der Waals surface area contributed by atoms with Gasteiger partial charge in [0.15, 0.2) is 5.82 Å². The van der Waals surface area contributed by atoms with Gasteiger partial charge in [0.2, 0.25) is 11.9 Å². The minimum Gasteiger partial charge on any atom is -0.495 e. The first-order valence-corrected chi connectivity index (χ1v) is 9.85. The fourth-order valence-corrected chi connectivity index (χ4v) is 3.59. The topological polar surface area (TPSA) is 93.6 Å². The number of nitrogens with one attached hydrogen (secondary N) is 2. The van der Waals surface area contributed by atoms with E-state index in [0.717, 1.165) is 37.6 Å². The van der Waals surface area contributed by atoms with Crippen LogP contribution in [0.2, 0.25) is 0 Å². The van der Waals surface area contributed by atoms with Crippen LogP contribution in [0.1, 0.15) is 5.82 Å². The zero-order valence-electron chi connectivity index (χ0n) is 16.8. The Morgan fingerprint density at radius 2 is 1.80 bits per heavy atom. The van der Waals surface area contributed by atoms with Gasteiger partial charge < -0.3 is 25.6 Å². The molecule has 8 nitrogen and oxygen atoms in total. The number of ether oxygens (including phenoxy) is 1. The number of aromatic nitrogens is 3. The molecule has 3 aromatic rings. The number of halogens is 1. The fourth-order valence-electron chi connectivity index (χ4n) is 3.59. The molecule has 2 aromatic carbocycles. The third-order valence-corrected chi connectivity index (χ3v) is 5.10. The van der Waals surface area contributed by atoms with Gasteiger partial charge in [-0.05, 0) is 36.4 Å². The Kier molecular flexibility index (Phi) is 5.89. The summed E-state index contributed by atoms with van der Waals surface area (Å²) in [5.74, 6) is 1.75. The first-order valence-electron chi connectivity index (χ1n) is 9.85. The molecule has 0 atom stereocenters. The van der Waals surface area contributed by atoms with Crippen molar-refractivity contribution in [3.63, 3.8) is 0 Å². The van der Waals surface area contributed by atoms with Crippen molar-refractivity contribution in [3.05, 3.63) is 60.2 Å². The number of methoxy groups -OCH3 is 1. The number of nitrogen functional groups attached to an aromatic ring is 1. The highest BCUT2D eigenvalue weighted by Gasteiger charge is 2.23. The van der Waals surface area contributed by atoms with E-state index in [9.17, 15) is 4.39 Å². The van der Waals surface area contributed by atoms with E-state index < -0.39 is 0 Å². The first kappa shape index (κ1) is 19.8. The summed E-state index contributed by atoms with van der Waals surface area (Å²) in [6.07, 6.45) is 0. The predicted octanol–water partition coefficient (Wildman–Crippen LogP) is 1.25. The molecule has 1 saturated heterocycles. The number of nitrogens with zero attached hydrogens (tertiary/aromatic N) is 4. The quantitative estimate of drug-likeness (QED) is 0.563. The lowest BCUT2D eigenvalue weighted by Crippen LogP contribution is -3.13. The number of para-hydroxylation sites is 2. The summed E-state index contributed by atoms with van der Waals surface area (Å²) >= 11 is 0. The van der Waals surface area contributed by atoms with Crippen molar-refractivity contribution in [1.82, 2.24) is 15.0 Å². The van der Waals surface area contributed by atoms with Crippen LogP contribution in [0.5, 0.6) is 5.75 Å². The Morgan fingerprint density at radius 1 is 1.07 bits per heavy atom. The van der Waals surface area contributed by atoms with Gasteiger partial charge in [-0.3, -0.25) is 0 Å². The van der Waals surface area contributed by atoms with Crippen molar-refractivity contribution in [2.24, 2.45) is 0 Å². The molecule has 4 rings (SSSR count). The lowest BCUT2D eigenvalue weighted by molar-refractivity contribution is -0.915. The van der Waals surface area contributed by atoms with Gasteiger partial charge in [-0.1, -0.05) is 12.1 Å². The van der Waals surface area contributed by atoms with Crippen LogP contribution in [0, 0.1) is 5.82 Å². The number of rotatable bonds is 6. The maximum atomic E-state index is 13.1. The maximum Gasteiger partial charge on any atom is 0.232 e. The summed E-state index contributed by atoms with van der Waals surface area (Å²) in [6, 6.07) is 14.1. The van der Waals surface area contributed by atoms with Gasteiger partial charge in [-0.25, -0.2) is 4.39 Å². The van der Waals surface area contributed by atoms with Gasteiger partial charge in [0.25, 0.3) is 0 Å². The van der Waals surface area contributed by atoms with Crippen LogP contribution in [-0.2, 0) is 6.54 Å². The van der Waals surface area contributed by atoms with Crippen LogP contribution in [0.3, 0.4) is 0 Å². The average Bonchev–Trinajstić information content (AvgIpc) is 2.75. The number of anilines is 4. The molecule has 1 aliphatic heterocycles. The number of hydrogen-bond donors (Lipinski definition) is 3. The molecule has 0 saturated carbocycles. The van der Waals surface area contributed by atoms with Crippen LogP contribution < -0.4 is 25.6 Å². The molecule has 0 bridgehead atoms. The number of benzene rings is 2. The van der Waals surface area contributed by atoms with Crippen LogP contribution in [0.25, 0.3) is 0 Å². The molecule has 30 heavy (non-hydrogen) atoms. The van der Waals surface area contributed by atoms with Crippen molar-refractivity contribution < 1.29 is 14.0 Å². The molecule has 1 fully saturated rings. The summed E-state index contributed by atoms with van der Waals surface area (Å²) in [5, 5.41) is 3.05. The number of quaternary nitrogens is 1. The van der Waals surface area contributed by atoms with E-state index in [1.165, 1.54) is 17.0 Å². The van der Waals surface area contributed by atoms with Crippen molar-refractivity contribution >= 4 is 23.3 Å². The van der Waals surface area contributed by atoms with E-state index in [-0.39, 0.29) is 11.8 Å². The highest BCUT2D eigenvalue weighted by molar-refractivity contribution is 5.58. The molecule has 9 heteroatoms. The number of piperazine rings is 1. The zero-order valence-corrected chi connectivity index (χ0v) is 16.8. The summed E-state index contributed by atoms with van der Waals surface area (Å²) < 4.78 is 18.6. The summed E-state index contributed by atoms with van der Waals surface area (Å²) in [7, 11) is 1.70. The molecule has 0 unspecified atom stereocenters. The van der Waals surface area contributed by atoms with Crippen molar-refractivity contribution in [3.8, 4) is 5.75 Å². The van der Waals surface area contributed by atoms with E-state index in [1.54, 1.807) is 19.2 Å². The number of nitrogens with two attached hydrogens (primary N) is 1. The molecule has 156 valence electrons. The van der Waals surface area contributed by atoms with Gasteiger partial charge in [0.05, 0.1) is 39.0 Å². The van der Waals surface area contributed by atoms with Gasteiger partial charge in [0, 0.05) is 5.69 Å². The first-order chi connectivity index (χ1) is 14.6. The second-order valence-corrected chi connectivity index (χ2v) is 7.15. The highest BCUT2D eigenvalue weighted by atomic mass is 19.1. The Balaban J connectivity index is 1.39. The van der Waals surface area contributed by atoms with Gasteiger partial charge in [-0.2, -0.15) is 15.0 Å². The van der Waals surface area contributed by atoms with Crippen molar-refractivity contribution in [2.75, 3.05) is 49.2 Å². The van der Waals surface area contributed by atoms with Gasteiger partial charge in [-0.15, -0.1) is 0 Å². The maximum absolute atomic E-state index is 13.1. The van der Waals surface area contributed by atoms with Gasteiger partial charge in [0.1, 0.15) is 18.1 Å². The van der Waals surface area contributed by atoms with Crippen molar-refractivity contribution in [1.29, 1.82) is 0 Å². The second kappa shape index (κ2) is 8.91. The van der Waals surface area contributed by atoms with Crippen LogP contribution >= 0.6 is 0 Å². The summed E-state index contributed by atoms with van der Waals surface area (Å²) in [6.45, 7) is 4.38. The van der Waals surface area contributed by atoms with E-state index >= 15 is 0 Å². The molecular formula is C21H25FN7O+. The van der Waals surface area contributed by atoms with E-state index in [2.05, 4.69) is 31.2 Å².